The molecule has 1 aliphatic heterocycles. The molecule has 0 bridgehead atoms. The first-order valence-corrected chi connectivity index (χ1v) is 10.6. The van der Waals surface area contributed by atoms with Gasteiger partial charge in [-0.05, 0) is 31.4 Å². The van der Waals surface area contributed by atoms with Gasteiger partial charge in [0.05, 0.1) is 18.3 Å². The van der Waals surface area contributed by atoms with E-state index in [0.717, 1.165) is 41.6 Å². The lowest BCUT2D eigenvalue weighted by atomic mass is 10.2. The predicted molar refractivity (Wildman–Crippen MR) is 108 cm³/mol. The number of thiazole rings is 1. The highest BCUT2D eigenvalue weighted by Crippen LogP contribution is 2.29. The summed E-state index contributed by atoms with van der Waals surface area (Å²) in [4.78, 5) is 19.1. The molecule has 0 saturated carbocycles. The third-order valence-corrected chi connectivity index (χ3v) is 5.54. The van der Waals surface area contributed by atoms with Crippen molar-refractivity contribution in [3.63, 3.8) is 0 Å². The Kier molecular flexibility index (Phi) is 7.19. The van der Waals surface area contributed by atoms with Crippen LogP contribution in [0.3, 0.4) is 0 Å². The van der Waals surface area contributed by atoms with E-state index >= 15 is 0 Å². The highest BCUT2D eigenvalue weighted by Gasteiger charge is 2.26. The van der Waals surface area contributed by atoms with E-state index in [1.807, 2.05) is 36.6 Å². The number of nitrogens with zero attached hydrogens (tertiary/aromatic N) is 2. The molecule has 140 valence electrons. The van der Waals surface area contributed by atoms with Gasteiger partial charge in [0.15, 0.2) is 5.13 Å². The molecule has 26 heavy (non-hydrogen) atoms. The number of amides is 1. The summed E-state index contributed by atoms with van der Waals surface area (Å²) in [5.74, 6) is -0.0642. The van der Waals surface area contributed by atoms with Crippen LogP contribution >= 0.6 is 27.3 Å². The van der Waals surface area contributed by atoms with Crippen molar-refractivity contribution in [1.82, 2.24) is 4.98 Å². The Balaban J connectivity index is 1.76. The van der Waals surface area contributed by atoms with Gasteiger partial charge < -0.3 is 9.47 Å². The van der Waals surface area contributed by atoms with E-state index < -0.39 is 0 Å². The molecular formula is C19H23BrN2O3S. The maximum atomic E-state index is 12.7. The van der Waals surface area contributed by atoms with Gasteiger partial charge in [0.1, 0.15) is 6.61 Å². The zero-order valence-corrected chi connectivity index (χ0v) is 17.2. The Bertz CT molecular complexity index is 714. The third kappa shape index (κ3) is 5.13. The molecule has 5 nitrogen and oxygen atoms in total. The average molecular weight is 439 g/mol. The average Bonchev–Trinajstić information content (AvgIpc) is 3.32. The minimum atomic E-state index is -0.0642. The standard InChI is InChI=1S/C19H23BrN2O3S/c1-2-9-24-12-18(23)22(11-16-4-3-10-25-16)19-21-17(13-26-19)14-5-7-15(20)8-6-14/h5-8,13,16H,2-4,9-12H2,1H3. The van der Waals surface area contributed by atoms with Crippen molar-refractivity contribution < 1.29 is 14.3 Å². The van der Waals surface area contributed by atoms with Crippen molar-refractivity contribution in [2.45, 2.75) is 32.3 Å². The van der Waals surface area contributed by atoms with Crippen LogP contribution in [-0.2, 0) is 14.3 Å². The van der Waals surface area contributed by atoms with E-state index in [0.29, 0.717) is 18.3 Å². The summed E-state index contributed by atoms with van der Waals surface area (Å²) < 4.78 is 12.2. The Labute approximate surface area is 166 Å². The van der Waals surface area contributed by atoms with Gasteiger partial charge in [0.25, 0.3) is 5.91 Å². The van der Waals surface area contributed by atoms with Gasteiger partial charge in [-0.3, -0.25) is 9.69 Å². The molecule has 1 aliphatic rings. The van der Waals surface area contributed by atoms with Crippen LogP contribution in [0, 0.1) is 0 Å². The second-order valence-corrected chi connectivity index (χ2v) is 7.97. The Morgan fingerprint density at radius 1 is 1.42 bits per heavy atom. The molecule has 0 N–H and O–H groups in total. The number of hydrogen-bond donors (Lipinski definition) is 0. The summed E-state index contributed by atoms with van der Waals surface area (Å²) in [5.41, 5.74) is 1.90. The number of halogens is 1. The lowest BCUT2D eigenvalue weighted by Crippen LogP contribution is -2.39. The summed E-state index contributed by atoms with van der Waals surface area (Å²) >= 11 is 4.92. The second kappa shape index (κ2) is 9.60. The molecule has 1 unspecified atom stereocenters. The van der Waals surface area contributed by atoms with E-state index in [2.05, 4.69) is 15.9 Å². The van der Waals surface area contributed by atoms with E-state index in [4.69, 9.17) is 14.5 Å². The molecule has 1 saturated heterocycles. The largest absolute Gasteiger partial charge is 0.376 e. The van der Waals surface area contributed by atoms with Crippen LogP contribution in [-0.4, -0.2) is 43.4 Å². The van der Waals surface area contributed by atoms with Gasteiger partial charge in [-0.25, -0.2) is 4.98 Å². The minimum absolute atomic E-state index is 0.0642. The van der Waals surface area contributed by atoms with Crippen molar-refractivity contribution in [3.05, 3.63) is 34.1 Å². The van der Waals surface area contributed by atoms with Gasteiger partial charge in [-0.1, -0.05) is 35.0 Å². The van der Waals surface area contributed by atoms with Crippen LogP contribution in [0.2, 0.25) is 0 Å². The van der Waals surface area contributed by atoms with Gasteiger partial charge in [0, 0.05) is 28.6 Å². The SMILES string of the molecule is CCCOCC(=O)N(CC1CCCO1)c1nc(-c2ccc(Br)cc2)cs1. The van der Waals surface area contributed by atoms with E-state index in [-0.39, 0.29) is 18.6 Å². The zero-order valence-electron chi connectivity index (χ0n) is 14.8. The fraction of sp³-hybridized carbons (Fsp3) is 0.474. The number of anilines is 1. The van der Waals surface area contributed by atoms with Crippen molar-refractivity contribution in [1.29, 1.82) is 0 Å². The summed E-state index contributed by atoms with van der Waals surface area (Å²) in [5, 5.41) is 2.69. The maximum Gasteiger partial charge on any atom is 0.254 e. The van der Waals surface area contributed by atoms with Gasteiger partial charge >= 0.3 is 0 Å². The van der Waals surface area contributed by atoms with Crippen molar-refractivity contribution in [2.24, 2.45) is 0 Å². The monoisotopic (exact) mass is 438 g/mol. The van der Waals surface area contributed by atoms with Gasteiger partial charge in [-0.2, -0.15) is 0 Å². The molecule has 2 heterocycles. The quantitative estimate of drug-likeness (QED) is 0.568. The van der Waals surface area contributed by atoms with Crippen LogP contribution < -0.4 is 4.90 Å². The molecule has 1 atom stereocenters. The first-order chi connectivity index (χ1) is 12.7. The fourth-order valence-electron chi connectivity index (χ4n) is 2.80. The van der Waals surface area contributed by atoms with Crippen LogP contribution in [0.1, 0.15) is 26.2 Å². The van der Waals surface area contributed by atoms with Gasteiger partial charge in [-0.15, -0.1) is 11.3 Å². The number of carbonyl (C=O) groups excluding carboxylic acids is 1. The van der Waals surface area contributed by atoms with Crippen molar-refractivity contribution >= 4 is 38.3 Å². The number of carbonyl (C=O) groups is 1. The van der Waals surface area contributed by atoms with E-state index in [1.165, 1.54) is 11.3 Å². The molecule has 1 aromatic carbocycles. The molecule has 1 aromatic heterocycles. The van der Waals surface area contributed by atoms with E-state index in [9.17, 15) is 4.79 Å². The van der Waals surface area contributed by atoms with Crippen molar-refractivity contribution in [3.8, 4) is 11.3 Å². The predicted octanol–water partition coefficient (Wildman–Crippen LogP) is 4.51. The number of ether oxygens (including phenoxy) is 2. The lowest BCUT2D eigenvalue weighted by molar-refractivity contribution is -0.123. The minimum Gasteiger partial charge on any atom is -0.376 e. The van der Waals surface area contributed by atoms with E-state index in [1.54, 1.807) is 4.90 Å². The molecule has 7 heteroatoms. The lowest BCUT2D eigenvalue weighted by Gasteiger charge is -2.23. The molecule has 1 fully saturated rings. The third-order valence-electron chi connectivity index (χ3n) is 4.15. The number of aromatic nitrogens is 1. The highest BCUT2D eigenvalue weighted by molar-refractivity contribution is 9.10. The summed E-state index contributed by atoms with van der Waals surface area (Å²) in [6.07, 6.45) is 2.99. The molecule has 0 aliphatic carbocycles. The smallest absolute Gasteiger partial charge is 0.254 e. The topological polar surface area (TPSA) is 51.7 Å². The molecule has 2 aromatic rings. The zero-order chi connectivity index (χ0) is 18.4. The first-order valence-electron chi connectivity index (χ1n) is 8.88. The van der Waals surface area contributed by atoms with Crippen molar-refractivity contribution in [2.75, 3.05) is 31.3 Å². The molecular weight excluding hydrogens is 416 g/mol. The van der Waals surface area contributed by atoms with Gasteiger partial charge in [0.2, 0.25) is 0 Å². The first kappa shape index (κ1) is 19.5. The Morgan fingerprint density at radius 3 is 2.92 bits per heavy atom. The summed E-state index contributed by atoms with van der Waals surface area (Å²) in [6.45, 7) is 3.98. The molecule has 0 radical (unpaired) electrons. The maximum absolute atomic E-state index is 12.7. The Morgan fingerprint density at radius 2 is 2.23 bits per heavy atom. The molecule has 0 spiro atoms. The van der Waals surface area contributed by atoms with Crippen LogP contribution in [0.4, 0.5) is 5.13 Å². The molecule has 1 amide bonds. The highest BCUT2D eigenvalue weighted by atomic mass is 79.9. The number of hydrogen-bond acceptors (Lipinski definition) is 5. The van der Waals surface area contributed by atoms with Crippen LogP contribution in [0.25, 0.3) is 11.3 Å². The molecule has 3 rings (SSSR count). The fourth-order valence-corrected chi connectivity index (χ4v) is 3.93. The summed E-state index contributed by atoms with van der Waals surface area (Å²) in [7, 11) is 0. The van der Waals surface area contributed by atoms with Crippen LogP contribution in [0.15, 0.2) is 34.1 Å². The summed E-state index contributed by atoms with van der Waals surface area (Å²) in [6, 6.07) is 8.00. The second-order valence-electron chi connectivity index (χ2n) is 6.21. The Hall–Kier alpha value is -1.28. The number of benzene rings is 1. The van der Waals surface area contributed by atoms with Crippen LogP contribution in [0.5, 0.6) is 0 Å². The normalized spacial score (nSPS) is 16.8. The number of rotatable bonds is 8.